The van der Waals surface area contributed by atoms with Crippen LogP contribution in [0.2, 0.25) is 0 Å². The Hall–Kier alpha value is -0.980. The lowest BCUT2D eigenvalue weighted by Gasteiger charge is -2.23. The molecule has 0 aliphatic rings. The molecule has 0 aromatic carbocycles. The van der Waals surface area contributed by atoms with E-state index < -0.39 is 11.7 Å². The Morgan fingerprint density at radius 1 is 1.56 bits per heavy atom. The van der Waals surface area contributed by atoms with Gasteiger partial charge in [0, 0.05) is 13.2 Å². The molecule has 1 unspecified atom stereocenters. The molecular formula is C10H19N3O3. The Kier molecular flexibility index (Phi) is 4.40. The number of ether oxygens (including phenoxy) is 1. The van der Waals surface area contributed by atoms with Gasteiger partial charge in [0.05, 0.1) is 0 Å². The van der Waals surface area contributed by atoms with Crippen molar-refractivity contribution in [3.05, 3.63) is 11.7 Å². The number of hydrogen-bond acceptors (Lipinski definition) is 6. The SMILES string of the molecule is CCOC(C)(CC)c1noc([C@@H](O)CN)n1. The van der Waals surface area contributed by atoms with Gasteiger partial charge < -0.3 is 20.1 Å². The number of hydrogen-bond donors (Lipinski definition) is 2. The van der Waals surface area contributed by atoms with Gasteiger partial charge in [-0.1, -0.05) is 12.1 Å². The van der Waals surface area contributed by atoms with E-state index in [1.54, 1.807) is 0 Å². The predicted octanol–water partition coefficient (Wildman–Crippen LogP) is 0.723. The summed E-state index contributed by atoms with van der Waals surface area (Å²) < 4.78 is 10.5. The minimum Gasteiger partial charge on any atom is -0.382 e. The molecule has 2 atom stereocenters. The topological polar surface area (TPSA) is 94.4 Å². The average Bonchev–Trinajstić information content (AvgIpc) is 2.78. The zero-order chi connectivity index (χ0) is 12.2. The van der Waals surface area contributed by atoms with Crippen molar-refractivity contribution in [2.24, 2.45) is 5.73 Å². The van der Waals surface area contributed by atoms with Gasteiger partial charge >= 0.3 is 0 Å². The minimum atomic E-state index is -0.913. The summed E-state index contributed by atoms with van der Waals surface area (Å²) in [6.07, 6.45) is -0.192. The highest BCUT2D eigenvalue weighted by molar-refractivity contribution is 5.00. The highest BCUT2D eigenvalue weighted by atomic mass is 16.5. The van der Waals surface area contributed by atoms with Crippen LogP contribution in [0.15, 0.2) is 4.52 Å². The van der Waals surface area contributed by atoms with Gasteiger partial charge in [-0.3, -0.25) is 0 Å². The van der Waals surface area contributed by atoms with Crippen molar-refractivity contribution < 1.29 is 14.4 Å². The maximum Gasteiger partial charge on any atom is 0.256 e. The Morgan fingerprint density at radius 3 is 2.75 bits per heavy atom. The molecule has 0 saturated heterocycles. The maximum absolute atomic E-state index is 9.45. The Morgan fingerprint density at radius 2 is 2.25 bits per heavy atom. The van der Waals surface area contributed by atoms with Crippen LogP contribution >= 0.6 is 0 Å². The third-order valence-electron chi connectivity index (χ3n) is 2.56. The zero-order valence-corrected chi connectivity index (χ0v) is 9.93. The second-order valence-electron chi connectivity index (χ2n) is 3.73. The van der Waals surface area contributed by atoms with Crippen molar-refractivity contribution in [1.82, 2.24) is 10.1 Å². The molecule has 1 rings (SSSR count). The Balaban J connectivity index is 2.90. The average molecular weight is 229 g/mol. The van der Waals surface area contributed by atoms with Crippen molar-refractivity contribution in [2.75, 3.05) is 13.2 Å². The van der Waals surface area contributed by atoms with Crippen molar-refractivity contribution >= 4 is 0 Å². The second-order valence-corrected chi connectivity index (χ2v) is 3.73. The van der Waals surface area contributed by atoms with Crippen molar-refractivity contribution in [3.8, 4) is 0 Å². The molecule has 1 heterocycles. The quantitative estimate of drug-likeness (QED) is 0.746. The zero-order valence-electron chi connectivity index (χ0n) is 9.93. The van der Waals surface area contributed by atoms with E-state index >= 15 is 0 Å². The molecule has 0 spiro atoms. The van der Waals surface area contributed by atoms with Crippen molar-refractivity contribution in [1.29, 1.82) is 0 Å². The molecule has 1 aromatic rings. The number of aromatic nitrogens is 2. The first-order chi connectivity index (χ1) is 7.57. The normalized spacial score (nSPS) is 17.1. The third kappa shape index (κ3) is 2.58. The molecule has 0 saturated carbocycles. The van der Waals surface area contributed by atoms with Crippen LogP contribution < -0.4 is 5.73 Å². The van der Waals surface area contributed by atoms with Crippen LogP contribution in [0.5, 0.6) is 0 Å². The molecule has 6 heteroatoms. The van der Waals surface area contributed by atoms with Crippen LogP contribution in [0.25, 0.3) is 0 Å². The van der Waals surface area contributed by atoms with Crippen LogP contribution in [0.1, 0.15) is 45.0 Å². The summed E-state index contributed by atoms with van der Waals surface area (Å²) in [5.74, 6) is 0.580. The maximum atomic E-state index is 9.45. The lowest BCUT2D eigenvalue weighted by Crippen LogP contribution is -2.26. The molecule has 0 radical (unpaired) electrons. The van der Waals surface area contributed by atoms with E-state index in [1.807, 2.05) is 20.8 Å². The van der Waals surface area contributed by atoms with Gasteiger partial charge in [-0.2, -0.15) is 4.98 Å². The smallest absolute Gasteiger partial charge is 0.256 e. The number of aliphatic hydroxyl groups is 1. The lowest BCUT2D eigenvalue weighted by atomic mass is 10.0. The van der Waals surface area contributed by atoms with E-state index in [9.17, 15) is 5.11 Å². The van der Waals surface area contributed by atoms with Gasteiger partial charge in [-0.25, -0.2) is 0 Å². The van der Waals surface area contributed by atoms with Crippen molar-refractivity contribution in [3.63, 3.8) is 0 Å². The largest absolute Gasteiger partial charge is 0.382 e. The Labute approximate surface area is 94.8 Å². The number of rotatable bonds is 6. The van der Waals surface area contributed by atoms with E-state index in [0.717, 1.165) is 6.42 Å². The van der Waals surface area contributed by atoms with Crippen LogP contribution in [-0.2, 0) is 10.3 Å². The fourth-order valence-corrected chi connectivity index (χ4v) is 1.33. The molecule has 6 nitrogen and oxygen atoms in total. The molecule has 1 aromatic heterocycles. The van der Waals surface area contributed by atoms with Crippen LogP contribution in [-0.4, -0.2) is 28.4 Å². The van der Waals surface area contributed by atoms with Crippen molar-refractivity contribution in [2.45, 2.75) is 38.9 Å². The first-order valence-corrected chi connectivity index (χ1v) is 5.43. The number of nitrogens with zero attached hydrogens (tertiary/aromatic N) is 2. The van der Waals surface area contributed by atoms with E-state index in [4.69, 9.17) is 15.0 Å². The molecular weight excluding hydrogens is 210 g/mol. The number of nitrogens with two attached hydrogens (primary N) is 1. The minimum absolute atomic E-state index is 0.0547. The third-order valence-corrected chi connectivity index (χ3v) is 2.56. The molecule has 0 amide bonds. The summed E-state index contributed by atoms with van der Waals surface area (Å²) in [6.45, 7) is 6.39. The Bertz CT molecular complexity index is 329. The fourth-order valence-electron chi connectivity index (χ4n) is 1.33. The summed E-state index contributed by atoms with van der Waals surface area (Å²) in [5, 5.41) is 13.3. The molecule has 0 bridgehead atoms. The molecule has 3 N–H and O–H groups in total. The molecule has 92 valence electrons. The highest BCUT2D eigenvalue weighted by Gasteiger charge is 2.31. The summed E-state index contributed by atoms with van der Waals surface area (Å²) in [4.78, 5) is 4.11. The van der Waals surface area contributed by atoms with Gasteiger partial charge in [0.15, 0.2) is 0 Å². The van der Waals surface area contributed by atoms with Crippen LogP contribution in [0, 0.1) is 0 Å². The van der Waals surface area contributed by atoms with Gasteiger partial charge in [0.2, 0.25) is 5.82 Å². The fraction of sp³-hybridized carbons (Fsp3) is 0.800. The lowest BCUT2D eigenvalue weighted by molar-refractivity contribution is -0.0403. The monoisotopic (exact) mass is 229 g/mol. The molecule has 0 aliphatic heterocycles. The predicted molar refractivity (Wildman–Crippen MR) is 57.6 cm³/mol. The van der Waals surface area contributed by atoms with E-state index in [1.165, 1.54) is 0 Å². The highest BCUT2D eigenvalue weighted by Crippen LogP contribution is 2.27. The molecule has 16 heavy (non-hydrogen) atoms. The van der Waals surface area contributed by atoms with Crippen LogP contribution in [0.4, 0.5) is 0 Å². The summed E-state index contributed by atoms with van der Waals surface area (Å²) in [5.41, 5.74) is 4.73. The van der Waals surface area contributed by atoms with E-state index in [0.29, 0.717) is 12.4 Å². The van der Waals surface area contributed by atoms with E-state index in [2.05, 4.69) is 10.1 Å². The van der Waals surface area contributed by atoms with Crippen LogP contribution in [0.3, 0.4) is 0 Å². The summed E-state index contributed by atoms with van der Waals surface area (Å²) in [7, 11) is 0. The van der Waals surface area contributed by atoms with Gasteiger partial charge in [0.1, 0.15) is 11.7 Å². The number of aliphatic hydroxyl groups excluding tert-OH is 1. The first kappa shape index (κ1) is 13.1. The summed E-state index contributed by atoms with van der Waals surface area (Å²) in [6, 6.07) is 0. The summed E-state index contributed by atoms with van der Waals surface area (Å²) >= 11 is 0. The van der Waals surface area contributed by atoms with Gasteiger partial charge in [-0.05, 0) is 20.3 Å². The first-order valence-electron chi connectivity index (χ1n) is 5.43. The van der Waals surface area contributed by atoms with Gasteiger partial charge in [-0.15, -0.1) is 0 Å². The molecule has 0 aliphatic carbocycles. The molecule has 0 fully saturated rings. The van der Waals surface area contributed by atoms with E-state index in [-0.39, 0.29) is 12.4 Å². The standard InChI is InChI=1S/C10H19N3O3/c1-4-10(3,15-5-2)9-12-8(16-13-9)7(14)6-11/h7,14H,4-6,11H2,1-3H3/t7-,10?/m0/s1. The van der Waals surface area contributed by atoms with Gasteiger partial charge in [0.25, 0.3) is 5.89 Å². The second kappa shape index (κ2) is 5.38.